The summed E-state index contributed by atoms with van der Waals surface area (Å²) < 4.78 is 5.84. The first-order chi connectivity index (χ1) is 11.5. The molecular weight excluding hydrogens is 304 g/mol. The molecule has 1 unspecified atom stereocenters. The first-order valence-corrected chi connectivity index (χ1v) is 7.75. The maximum absolute atomic E-state index is 11.2. The molecule has 0 saturated carbocycles. The molecule has 1 heterocycles. The van der Waals surface area contributed by atoms with Gasteiger partial charge in [-0.05, 0) is 36.2 Å². The van der Waals surface area contributed by atoms with Gasteiger partial charge in [0.25, 0.3) is 0 Å². The van der Waals surface area contributed by atoms with E-state index in [0.717, 1.165) is 27.8 Å². The van der Waals surface area contributed by atoms with Crippen LogP contribution in [0.1, 0.15) is 18.1 Å². The topological polar surface area (TPSA) is 88.3 Å². The number of carbonyl (C=O) groups is 1. The van der Waals surface area contributed by atoms with E-state index in [9.17, 15) is 9.90 Å². The number of benzene rings is 2. The zero-order chi connectivity index (χ0) is 17.2. The lowest BCUT2D eigenvalue weighted by Gasteiger charge is -2.18. The minimum absolute atomic E-state index is 0.241. The van der Waals surface area contributed by atoms with E-state index in [2.05, 4.69) is 4.98 Å². The molecule has 5 heteroatoms. The van der Waals surface area contributed by atoms with E-state index in [1.54, 1.807) is 6.20 Å². The average Bonchev–Trinajstić information content (AvgIpc) is 2.95. The van der Waals surface area contributed by atoms with Crippen LogP contribution in [0.25, 0.3) is 10.9 Å². The molecule has 0 radical (unpaired) electrons. The molecule has 0 aliphatic heterocycles. The van der Waals surface area contributed by atoms with Gasteiger partial charge in [0.05, 0.1) is 0 Å². The lowest BCUT2D eigenvalue weighted by molar-refractivity contribution is -0.142. The molecule has 5 nitrogen and oxygen atoms in total. The summed E-state index contributed by atoms with van der Waals surface area (Å²) in [6, 6.07) is 15.7. The summed E-state index contributed by atoms with van der Waals surface area (Å²) in [6.45, 7) is 2.00. The zero-order valence-corrected chi connectivity index (χ0v) is 13.5. The number of nitrogens with one attached hydrogen (secondary N) is 1. The Morgan fingerprint density at radius 1 is 1.25 bits per heavy atom. The number of H-pyrrole nitrogens is 1. The van der Waals surface area contributed by atoms with E-state index < -0.39 is 11.5 Å². The molecule has 3 aromatic rings. The third-order valence-electron chi connectivity index (χ3n) is 4.03. The third kappa shape index (κ3) is 3.41. The van der Waals surface area contributed by atoms with Crippen LogP contribution >= 0.6 is 0 Å². The second-order valence-electron chi connectivity index (χ2n) is 6.19. The van der Waals surface area contributed by atoms with Crippen LogP contribution < -0.4 is 10.5 Å². The largest absolute Gasteiger partial charge is 0.489 e. The molecule has 0 bridgehead atoms. The number of aliphatic carboxylic acids is 1. The molecule has 124 valence electrons. The van der Waals surface area contributed by atoms with Crippen molar-refractivity contribution in [2.24, 2.45) is 5.73 Å². The summed E-state index contributed by atoms with van der Waals surface area (Å²) in [6.07, 6.45) is 2.05. The highest BCUT2D eigenvalue weighted by atomic mass is 16.5. The van der Waals surface area contributed by atoms with Crippen LogP contribution in [0.4, 0.5) is 0 Å². The van der Waals surface area contributed by atoms with Gasteiger partial charge in [0, 0.05) is 23.5 Å². The van der Waals surface area contributed by atoms with Gasteiger partial charge in [0.2, 0.25) is 0 Å². The number of carboxylic acid groups (broad SMARTS) is 1. The Balaban J connectivity index is 1.82. The molecule has 24 heavy (non-hydrogen) atoms. The van der Waals surface area contributed by atoms with Gasteiger partial charge >= 0.3 is 5.97 Å². The van der Waals surface area contributed by atoms with Crippen LogP contribution in [0, 0.1) is 0 Å². The monoisotopic (exact) mass is 324 g/mol. The van der Waals surface area contributed by atoms with E-state index in [0.29, 0.717) is 6.61 Å². The molecule has 4 N–H and O–H groups in total. The number of aromatic amines is 1. The molecule has 3 rings (SSSR count). The van der Waals surface area contributed by atoms with Crippen LogP contribution in [0.5, 0.6) is 5.75 Å². The summed E-state index contributed by atoms with van der Waals surface area (Å²) in [4.78, 5) is 14.4. The molecule has 2 aromatic carbocycles. The summed E-state index contributed by atoms with van der Waals surface area (Å²) in [5.41, 5.74) is 7.44. The molecule has 0 aliphatic carbocycles. The number of aromatic nitrogens is 1. The van der Waals surface area contributed by atoms with Crippen molar-refractivity contribution in [2.45, 2.75) is 25.5 Å². The lowest BCUT2D eigenvalue weighted by atomic mass is 9.94. The highest BCUT2D eigenvalue weighted by Gasteiger charge is 2.29. The van der Waals surface area contributed by atoms with Crippen LogP contribution in [0.15, 0.2) is 54.7 Å². The minimum atomic E-state index is -1.31. The van der Waals surface area contributed by atoms with Gasteiger partial charge in [-0.2, -0.15) is 0 Å². The van der Waals surface area contributed by atoms with Crippen molar-refractivity contribution in [2.75, 3.05) is 0 Å². The molecule has 0 spiro atoms. The lowest BCUT2D eigenvalue weighted by Crippen LogP contribution is -2.46. The highest BCUT2D eigenvalue weighted by molar-refractivity contribution is 5.86. The second kappa shape index (κ2) is 6.37. The van der Waals surface area contributed by atoms with Gasteiger partial charge in [-0.1, -0.05) is 30.3 Å². The number of ether oxygens (including phenoxy) is 1. The van der Waals surface area contributed by atoms with Crippen molar-refractivity contribution < 1.29 is 14.6 Å². The van der Waals surface area contributed by atoms with E-state index in [1.807, 2.05) is 48.5 Å². The van der Waals surface area contributed by atoms with Gasteiger partial charge in [-0.25, -0.2) is 0 Å². The fourth-order valence-electron chi connectivity index (χ4n) is 2.61. The maximum Gasteiger partial charge on any atom is 0.323 e. The third-order valence-corrected chi connectivity index (χ3v) is 4.03. The van der Waals surface area contributed by atoms with Crippen molar-refractivity contribution >= 4 is 16.9 Å². The Morgan fingerprint density at radius 3 is 2.71 bits per heavy atom. The summed E-state index contributed by atoms with van der Waals surface area (Å²) in [5.74, 6) is -0.283. The Kier molecular flexibility index (Phi) is 4.27. The van der Waals surface area contributed by atoms with E-state index in [4.69, 9.17) is 10.5 Å². The molecular formula is C19H20N2O3. The molecule has 0 fully saturated rings. The average molecular weight is 324 g/mol. The predicted molar refractivity (Wildman–Crippen MR) is 93.0 cm³/mol. The Morgan fingerprint density at radius 2 is 2.00 bits per heavy atom. The first kappa shape index (κ1) is 16.1. The minimum Gasteiger partial charge on any atom is -0.489 e. The molecule has 0 saturated heterocycles. The Bertz CT molecular complexity index is 853. The van der Waals surface area contributed by atoms with Crippen LogP contribution in [-0.4, -0.2) is 21.6 Å². The van der Waals surface area contributed by atoms with Crippen LogP contribution in [0.2, 0.25) is 0 Å². The van der Waals surface area contributed by atoms with E-state index in [-0.39, 0.29) is 6.42 Å². The van der Waals surface area contributed by atoms with Crippen molar-refractivity contribution in [1.29, 1.82) is 0 Å². The quantitative estimate of drug-likeness (QED) is 0.650. The maximum atomic E-state index is 11.2. The summed E-state index contributed by atoms with van der Waals surface area (Å²) >= 11 is 0. The Hall–Kier alpha value is -2.79. The van der Waals surface area contributed by atoms with Gasteiger partial charge in [0.1, 0.15) is 17.9 Å². The smallest absolute Gasteiger partial charge is 0.323 e. The van der Waals surface area contributed by atoms with Gasteiger partial charge < -0.3 is 20.6 Å². The number of carboxylic acids is 1. The van der Waals surface area contributed by atoms with Crippen LogP contribution in [0.3, 0.4) is 0 Å². The van der Waals surface area contributed by atoms with Crippen molar-refractivity contribution in [3.05, 3.63) is 65.9 Å². The SMILES string of the molecule is CC(N)(Cc1c[nH]c2ccc(OCc3ccccc3)cc12)C(=O)O. The Labute approximate surface area is 140 Å². The molecule has 1 aromatic heterocycles. The number of fused-ring (bicyclic) bond motifs is 1. The van der Waals surface area contributed by atoms with Crippen molar-refractivity contribution in [3.63, 3.8) is 0 Å². The second-order valence-corrected chi connectivity index (χ2v) is 6.19. The van der Waals surface area contributed by atoms with E-state index >= 15 is 0 Å². The summed E-state index contributed by atoms with van der Waals surface area (Å²) in [5, 5.41) is 10.1. The first-order valence-electron chi connectivity index (χ1n) is 7.75. The zero-order valence-electron chi connectivity index (χ0n) is 13.5. The van der Waals surface area contributed by atoms with Crippen molar-refractivity contribution in [1.82, 2.24) is 4.98 Å². The fourth-order valence-corrected chi connectivity index (χ4v) is 2.61. The normalized spacial score (nSPS) is 13.6. The molecule has 0 amide bonds. The number of hydrogen-bond acceptors (Lipinski definition) is 3. The van der Waals surface area contributed by atoms with E-state index in [1.165, 1.54) is 6.92 Å². The van der Waals surface area contributed by atoms with Crippen LogP contribution in [-0.2, 0) is 17.8 Å². The summed E-state index contributed by atoms with van der Waals surface area (Å²) in [7, 11) is 0. The molecule has 1 atom stereocenters. The standard InChI is InChI=1S/C19H20N2O3/c1-19(20,18(22)23)10-14-11-21-17-8-7-15(9-16(14)17)24-12-13-5-3-2-4-6-13/h2-9,11,21H,10,12,20H2,1H3,(H,22,23). The number of hydrogen-bond donors (Lipinski definition) is 3. The molecule has 0 aliphatic rings. The fraction of sp³-hybridized carbons (Fsp3) is 0.211. The van der Waals surface area contributed by atoms with Crippen molar-refractivity contribution in [3.8, 4) is 5.75 Å². The highest BCUT2D eigenvalue weighted by Crippen LogP contribution is 2.26. The number of rotatable bonds is 6. The van der Waals surface area contributed by atoms with Gasteiger partial charge in [0.15, 0.2) is 0 Å². The predicted octanol–water partition coefficient (Wildman–Crippen LogP) is 3.09. The number of nitrogens with two attached hydrogens (primary N) is 1. The van der Waals surface area contributed by atoms with Gasteiger partial charge in [-0.15, -0.1) is 0 Å². The van der Waals surface area contributed by atoms with Gasteiger partial charge in [-0.3, -0.25) is 4.79 Å².